The number of methoxy groups -OCH3 is 1. The van der Waals surface area contributed by atoms with Gasteiger partial charge in [0, 0.05) is 37.5 Å². The zero-order valence-corrected chi connectivity index (χ0v) is 14.7. The summed E-state index contributed by atoms with van der Waals surface area (Å²) in [6.45, 7) is 0.502. The van der Waals surface area contributed by atoms with Crippen LogP contribution in [0.5, 0.6) is 0 Å². The van der Waals surface area contributed by atoms with Gasteiger partial charge in [0.1, 0.15) is 11.3 Å². The predicted molar refractivity (Wildman–Crippen MR) is 102 cm³/mol. The molecule has 0 aliphatic rings. The Balaban J connectivity index is 1.69. The Hall–Kier alpha value is -3.68. The first-order valence-corrected chi connectivity index (χ1v) is 8.28. The molecule has 1 aromatic carbocycles. The summed E-state index contributed by atoms with van der Waals surface area (Å²) < 4.78 is 6.44. The molecule has 1 N–H and O–H groups in total. The quantitative estimate of drug-likeness (QED) is 0.299. The number of imidazole rings is 1. The first-order chi connectivity index (χ1) is 13.1. The summed E-state index contributed by atoms with van der Waals surface area (Å²) in [5, 5.41) is 14.4. The Labute approximate surface area is 155 Å². The zero-order chi connectivity index (χ0) is 19.2. The van der Waals surface area contributed by atoms with Gasteiger partial charge in [-0.3, -0.25) is 10.1 Å². The summed E-state index contributed by atoms with van der Waals surface area (Å²) >= 11 is 0. The molecule has 0 saturated carbocycles. The molecule has 3 aromatic rings. The molecule has 0 amide bonds. The Bertz CT molecular complexity index is 977. The minimum absolute atomic E-state index is 0.0583. The van der Waals surface area contributed by atoms with Crippen LogP contribution in [0.3, 0.4) is 0 Å². The molecule has 0 aliphatic carbocycles. The number of carbonyl (C=O) groups is 1. The fourth-order valence-corrected chi connectivity index (χ4v) is 2.62. The average Bonchev–Trinajstić information content (AvgIpc) is 3.09. The number of carbonyl (C=O) groups excluding carboxylic acids is 1. The number of nitro groups is 1. The molecule has 0 spiro atoms. The van der Waals surface area contributed by atoms with Gasteiger partial charge in [0.05, 0.1) is 17.7 Å². The first kappa shape index (κ1) is 18.1. The third-order valence-corrected chi connectivity index (χ3v) is 3.94. The average molecular weight is 366 g/mol. The fourth-order valence-electron chi connectivity index (χ4n) is 2.62. The van der Waals surface area contributed by atoms with Crippen LogP contribution >= 0.6 is 0 Å². The monoisotopic (exact) mass is 366 g/mol. The number of rotatable bonds is 7. The Morgan fingerprint density at radius 1 is 1.37 bits per heavy atom. The van der Waals surface area contributed by atoms with Gasteiger partial charge < -0.3 is 14.5 Å². The summed E-state index contributed by atoms with van der Waals surface area (Å²) in [4.78, 5) is 26.5. The van der Waals surface area contributed by atoms with Crippen LogP contribution < -0.4 is 5.32 Å². The van der Waals surface area contributed by atoms with Crippen molar-refractivity contribution in [3.8, 4) is 0 Å². The van der Waals surface area contributed by atoms with Crippen LogP contribution in [0.25, 0.3) is 11.7 Å². The number of hydrogen-bond acceptors (Lipinski definition) is 6. The molecule has 8 heteroatoms. The summed E-state index contributed by atoms with van der Waals surface area (Å²) in [7, 11) is 1.27. The van der Waals surface area contributed by atoms with E-state index in [2.05, 4.69) is 15.0 Å². The van der Waals surface area contributed by atoms with E-state index in [1.54, 1.807) is 12.1 Å². The molecule has 0 saturated heterocycles. The molecular weight excluding hydrogens is 348 g/mol. The second kappa shape index (κ2) is 8.13. The molecule has 3 rings (SSSR count). The zero-order valence-electron chi connectivity index (χ0n) is 14.7. The maximum absolute atomic E-state index is 11.4. The Kier molecular flexibility index (Phi) is 5.46. The molecule has 0 atom stereocenters. The lowest BCUT2D eigenvalue weighted by molar-refractivity contribution is -0.384. The number of esters is 1. The van der Waals surface area contributed by atoms with Gasteiger partial charge in [-0.2, -0.15) is 0 Å². The van der Waals surface area contributed by atoms with Crippen molar-refractivity contribution < 1.29 is 14.5 Å². The number of pyridine rings is 1. The lowest BCUT2D eigenvalue weighted by atomic mass is 10.1. The predicted octanol–water partition coefficient (Wildman–Crippen LogP) is 3.08. The lowest BCUT2D eigenvalue weighted by Gasteiger charge is -2.07. The van der Waals surface area contributed by atoms with Crippen LogP contribution in [0.1, 0.15) is 11.3 Å². The van der Waals surface area contributed by atoms with E-state index in [9.17, 15) is 14.9 Å². The van der Waals surface area contributed by atoms with E-state index in [1.807, 2.05) is 35.0 Å². The molecule has 0 unspecified atom stereocenters. The van der Waals surface area contributed by atoms with Crippen molar-refractivity contribution in [2.24, 2.45) is 0 Å². The topological polar surface area (TPSA) is 98.8 Å². The number of benzene rings is 1. The van der Waals surface area contributed by atoms with Gasteiger partial charge in [0.2, 0.25) is 0 Å². The van der Waals surface area contributed by atoms with E-state index in [4.69, 9.17) is 0 Å². The number of nitrogens with one attached hydrogen (secondary N) is 1. The standard InChI is InChI=1S/C19H18N4O4/c1-27-19(24)8-6-14-5-7-16(17(12-14)23(25)26)20-10-9-15-13-22-11-3-2-4-18(22)21-15/h2-8,11-13,20H,9-10H2,1H3/b8-6+. The van der Waals surface area contributed by atoms with Gasteiger partial charge in [-0.25, -0.2) is 9.78 Å². The van der Waals surface area contributed by atoms with Gasteiger partial charge in [-0.05, 0) is 29.8 Å². The normalized spacial score (nSPS) is 11.0. The first-order valence-electron chi connectivity index (χ1n) is 8.28. The van der Waals surface area contributed by atoms with Gasteiger partial charge in [0.15, 0.2) is 0 Å². The molecule has 2 heterocycles. The van der Waals surface area contributed by atoms with E-state index in [1.165, 1.54) is 25.3 Å². The van der Waals surface area contributed by atoms with Crippen LogP contribution in [0, 0.1) is 10.1 Å². The summed E-state index contributed by atoms with van der Waals surface area (Å²) in [5.41, 5.74) is 2.66. The third-order valence-electron chi connectivity index (χ3n) is 3.94. The van der Waals surface area contributed by atoms with Crippen LogP contribution in [0.2, 0.25) is 0 Å². The highest BCUT2D eigenvalue weighted by Crippen LogP contribution is 2.26. The number of anilines is 1. The molecule has 138 valence electrons. The molecule has 0 fully saturated rings. The molecule has 27 heavy (non-hydrogen) atoms. The van der Waals surface area contributed by atoms with Crippen molar-refractivity contribution in [2.45, 2.75) is 6.42 Å². The molecular formula is C19H18N4O4. The molecule has 0 aliphatic heterocycles. The van der Waals surface area contributed by atoms with E-state index in [0.717, 1.165) is 11.3 Å². The van der Waals surface area contributed by atoms with Crippen molar-refractivity contribution in [2.75, 3.05) is 19.0 Å². The largest absolute Gasteiger partial charge is 0.466 e. The highest BCUT2D eigenvalue weighted by molar-refractivity contribution is 5.87. The second-order valence-electron chi connectivity index (χ2n) is 5.77. The number of hydrogen-bond donors (Lipinski definition) is 1. The van der Waals surface area contributed by atoms with Gasteiger partial charge in [0.25, 0.3) is 5.69 Å². The molecule has 8 nitrogen and oxygen atoms in total. The van der Waals surface area contributed by atoms with Gasteiger partial charge >= 0.3 is 5.97 Å². The number of nitrogens with zero attached hydrogens (tertiary/aromatic N) is 3. The van der Waals surface area contributed by atoms with E-state index in [-0.39, 0.29) is 5.69 Å². The second-order valence-corrected chi connectivity index (χ2v) is 5.77. The fraction of sp³-hybridized carbons (Fsp3) is 0.158. The smallest absolute Gasteiger partial charge is 0.330 e. The molecule has 0 radical (unpaired) electrons. The highest BCUT2D eigenvalue weighted by atomic mass is 16.6. The SMILES string of the molecule is COC(=O)/C=C/c1ccc(NCCc2cn3ccccc3n2)c([N+](=O)[O-])c1. The van der Waals surface area contributed by atoms with Gasteiger partial charge in [-0.1, -0.05) is 12.1 Å². The highest BCUT2D eigenvalue weighted by Gasteiger charge is 2.14. The number of fused-ring (bicyclic) bond motifs is 1. The van der Waals surface area contributed by atoms with Crippen LogP contribution in [-0.2, 0) is 16.0 Å². The summed E-state index contributed by atoms with van der Waals surface area (Å²) in [6.07, 6.45) is 7.18. The number of aromatic nitrogens is 2. The molecule has 0 bridgehead atoms. The summed E-state index contributed by atoms with van der Waals surface area (Å²) in [5.74, 6) is -0.521. The van der Waals surface area contributed by atoms with Crippen molar-refractivity contribution in [3.05, 3.63) is 76.2 Å². The molecule has 2 aromatic heterocycles. The van der Waals surface area contributed by atoms with E-state index < -0.39 is 10.9 Å². The Morgan fingerprint density at radius 3 is 2.96 bits per heavy atom. The number of ether oxygens (including phenoxy) is 1. The maximum atomic E-state index is 11.4. The van der Waals surface area contributed by atoms with E-state index in [0.29, 0.717) is 24.2 Å². The number of nitro benzene ring substituents is 1. The van der Waals surface area contributed by atoms with Crippen molar-refractivity contribution >= 4 is 29.1 Å². The lowest BCUT2D eigenvalue weighted by Crippen LogP contribution is -2.07. The third kappa shape index (κ3) is 4.49. The van der Waals surface area contributed by atoms with E-state index >= 15 is 0 Å². The van der Waals surface area contributed by atoms with Crippen molar-refractivity contribution in [1.82, 2.24) is 9.38 Å². The van der Waals surface area contributed by atoms with Crippen LogP contribution in [0.15, 0.2) is 54.9 Å². The minimum atomic E-state index is -0.521. The summed E-state index contributed by atoms with van der Waals surface area (Å²) in [6, 6.07) is 10.5. The minimum Gasteiger partial charge on any atom is -0.466 e. The van der Waals surface area contributed by atoms with Crippen LogP contribution in [-0.4, -0.2) is 33.9 Å². The van der Waals surface area contributed by atoms with Crippen LogP contribution in [0.4, 0.5) is 11.4 Å². The van der Waals surface area contributed by atoms with Crippen molar-refractivity contribution in [1.29, 1.82) is 0 Å². The van der Waals surface area contributed by atoms with Crippen molar-refractivity contribution in [3.63, 3.8) is 0 Å². The maximum Gasteiger partial charge on any atom is 0.330 e. The Morgan fingerprint density at radius 2 is 2.22 bits per heavy atom. The van der Waals surface area contributed by atoms with Gasteiger partial charge in [-0.15, -0.1) is 0 Å².